The lowest BCUT2D eigenvalue weighted by molar-refractivity contribution is 0.118. The van der Waals surface area contributed by atoms with Gasteiger partial charge in [0, 0.05) is 0 Å². The Bertz CT molecular complexity index is 492. The molecule has 0 spiro atoms. The van der Waals surface area contributed by atoms with E-state index < -0.39 is 0 Å². The third-order valence-corrected chi connectivity index (χ3v) is 6.07. The SMILES string of the molecule is COc1cc([C@@H]2C[C@H]3C[C@H]2C(C)(C)[C@H]3C)ccc1O. The van der Waals surface area contributed by atoms with Crippen LogP contribution in [0.1, 0.15) is 45.1 Å². The fourth-order valence-electron chi connectivity index (χ4n) is 4.55. The van der Waals surface area contributed by atoms with E-state index in [1.54, 1.807) is 13.2 Å². The van der Waals surface area contributed by atoms with Crippen molar-refractivity contribution in [3.8, 4) is 11.5 Å². The van der Waals surface area contributed by atoms with Crippen molar-refractivity contribution in [1.82, 2.24) is 0 Å². The van der Waals surface area contributed by atoms with Crippen LogP contribution >= 0.6 is 0 Å². The van der Waals surface area contributed by atoms with Crippen molar-refractivity contribution in [3.05, 3.63) is 23.8 Å². The third-order valence-electron chi connectivity index (χ3n) is 6.07. The lowest BCUT2D eigenvalue weighted by Crippen LogP contribution is -2.32. The zero-order chi connectivity index (χ0) is 13.8. The molecule has 0 aliphatic heterocycles. The van der Waals surface area contributed by atoms with E-state index >= 15 is 0 Å². The molecule has 0 saturated heterocycles. The molecule has 1 aromatic rings. The molecule has 0 radical (unpaired) electrons. The Morgan fingerprint density at radius 2 is 2.00 bits per heavy atom. The summed E-state index contributed by atoms with van der Waals surface area (Å²) >= 11 is 0. The minimum absolute atomic E-state index is 0.238. The Morgan fingerprint density at radius 3 is 2.58 bits per heavy atom. The summed E-state index contributed by atoms with van der Waals surface area (Å²) in [4.78, 5) is 0. The molecular formula is C17H24O2. The number of hydrogen-bond donors (Lipinski definition) is 1. The highest BCUT2D eigenvalue weighted by molar-refractivity contribution is 5.43. The van der Waals surface area contributed by atoms with Gasteiger partial charge in [0.05, 0.1) is 7.11 Å². The lowest BCUT2D eigenvalue weighted by Gasteiger charge is -2.41. The molecule has 2 saturated carbocycles. The number of hydrogen-bond acceptors (Lipinski definition) is 2. The van der Waals surface area contributed by atoms with Gasteiger partial charge in [-0.1, -0.05) is 26.8 Å². The van der Waals surface area contributed by atoms with Crippen LogP contribution in [0.4, 0.5) is 0 Å². The van der Waals surface area contributed by atoms with Crippen LogP contribution in [0, 0.1) is 23.2 Å². The smallest absolute Gasteiger partial charge is 0.160 e. The maximum absolute atomic E-state index is 9.73. The maximum atomic E-state index is 9.73. The average Bonchev–Trinajstić information content (AvgIpc) is 2.90. The standard InChI is InChI=1S/C17H24O2/c1-10-12-7-13(14(8-12)17(10,2)3)11-5-6-15(18)16(9-11)19-4/h5-6,9-10,12-14,18H,7-8H2,1-4H3/t10-,12-,13-,14+/m0/s1. The van der Waals surface area contributed by atoms with E-state index in [1.807, 2.05) is 6.07 Å². The van der Waals surface area contributed by atoms with Crippen LogP contribution in [-0.2, 0) is 0 Å². The molecule has 4 atom stereocenters. The first-order valence-electron chi connectivity index (χ1n) is 7.32. The fourth-order valence-corrected chi connectivity index (χ4v) is 4.55. The molecule has 0 amide bonds. The molecule has 1 aromatic carbocycles. The summed E-state index contributed by atoms with van der Waals surface area (Å²) in [6, 6.07) is 5.88. The van der Waals surface area contributed by atoms with E-state index in [-0.39, 0.29) is 5.75 Å². The minimum atomic E-state index is 0.238. The molecule has 1 N–H and O–H groups in total. The fraction of sp³-hybridized carbons (Fsp3) is 0.647. The maximum Gasteiger partial charge on any atom is 0.160 e. The molecule has 0 heterocycles. The summed E-state index contributed by atoms with van der Waals surface area (Å²) in [5.74, 6) is 3.93. The van der Waals surface area contributed by atoms with Gasteiger partial charge in [-0.05, 0) is 59.6 Å². The topological polar surface area (TPSA) is 29.5 Å². The van der Waals surface area contributed by atoms with Gasteiger partial charge in [0.15, 0.2) is 11.5 Å². The van der Waals surface area contributed by atoms with Crippen molar-refractivity contribution >= 4 is 0 Å². The second-order valence-electron chi connectivity index (χ2n) is 6.99. The minimum Gasteiger partial charge on any atom is -0.504 e. The van der Waals surface area contributed by atoms with Gasteiger partial charge in [0.1, 0.15) is 0 Å². The number of methoxy groups -OCH3 is 1. The van der Waals surface area contributed by atoms with E-state index in [9.17, 15) is 5.11 Å². The number of benzene rings is 1. The highest BCUT2D eigenvalue weighted by atomic mass is 16.5. The Labute approximate surface area is 115 Å². The number of ether oxygens (including phenoxy) is 1. The van der Waals surface area contributed by atoms with Crippen LogP contribution in [0.3, 0.4) is 0 Å². The molecule has 2 nitrogen and oxygen atoms in total. The van der Waals surface area contributed by atoms with Crippen molar-refractivity contribution in [2.24, 2.45) is 23.2 Å². The molecule has 2 aliphatic carbocycles. The van der Waals surface area contributed by atoms with Crippen LogP contribution in [0.2, 0.25) is 0 Å². The average molecular weight is 260 g/mol. The Morgan fingerprint density at radius 1 is 1.26 bits per heavy atom. The summed E-state index contributed by atoms with van der Waals surface area (Å²) in [5, 5.41) is 9.73. The van der Waals surface area contributed by atoms with E-state index in [2.05, 4.69) is 26.8 Å². The first-order chi connectivity index (χ1) is 8.95. The molecule has 2 bridgehead atoms. The first-order valence-corrected chi connectivity index (χ1v) is 7.32. The quantitative estimate of drug-likeness (QED) is 0.864. The predicted molar refractivity (Wildman–Crippen MR) is 76.6 cm³/mol. The first kappa shape index (κ1) is 12.8. The highest BCUT2D eigenvalue weighted by Crippen LogP contribution is 2.64. The molecule has 19 heavy (non-hydrogen) atoms. The summed E-state index contributed by atoms with van der Waals surface area (Å²) in [6.07, 6.45) is 2.66. The Kier molecular flexibility index (Phi) is 2.81. The van der Waals surface area contributed by atoms with Gasteiger partial charge in [-0.2, -0.15) is 0 Å². The summed E-state index contributed by atoms with van der Waals surface area (Å²) < 4.78 is 5.25. The van der Waals surface area contributed by atoms with Crippen molar-refractivity contribution in [2.75, 3.05) is 7.11 Å². The molecular weight excluding hydrogens is 236 g/mol. The Hall–Kier alpha value is -1.18. The van der Waals surface area contributed by atoms with Crippen molar-refractivity contribution in [2.45, 2.75) is 39.5 Å². The van der Waals surface area contributed by atoms with E-state index in [4.69, 9.17) is 4.74 Å². The largest absolute Gasteiger partial charge is 0.504 e. The summed E-state index contributed by atoms with van der Waals surface area (Å²) in [5.41, 5.74) is 1.76. The summed E-state index contributed by atoms with van der Waals surface area (Å²) in [6.45, 7) is 7.26. The van der Waals surface area contributed by atoms with Crippen LogP contribution in [0.15, 0.2) is 18.2 Å². The lowest BCUT2D eigenvalue weighted by atomic mass is 9.64. The van der Waals surface area contributed by atoms with Crippen LogP contribution in [0.25, 0.3) is 0 Å². The number of rotatable bonds is 2. The summed E-state index contributed by atoms with van der Waals surface area (Å²) in [7, 11) is 1.62. The predicted octanol–water partition coefficient (Wildman–Crippen LogP) is 4.19. The Balaban J connectivity index is 1.93. The van der Waals surface area contributed by atoms with E-state index in [1.165, 1.54) is 18.4 Å². The molecule has 104 valence electrons. The van der Waals surface area contributed by atoms with Gasteiger partial charge in [-0.15, -0.1) is 0 Å². The van der Waals surface area contributed by atoms with Gasteiger partial charge in [0.2, 0.25) is 0 Å². The molecule has 0 aromatic heterocycles. The van der Waals surface area contributed by atoms with Gasteiger partial charge < -0.3 is 9.84 Å². The van der Waals surface area contributed by atoms with Crippen molar-refractivity contribution in [1.29, 1.82) is 0 Å². The van der Waals surface area contributed by atoms with Crippen LogP contribution < -0.4 is 4.74 Å². The van der Waals surface area contributed by atoms with Gasteiger partial charge in [0.25, 0.3) is 0 Å². The molecule has 2 heteroatoms. The van der Waals surface area contributed by atoms with Crippen molar-refractivity contribution < 1.29 is 9.84 Å². The number of fused-ring (bicyclic) bond motifs is 2. The molecule has 0 unspecified atom stereocenters. The molecule has 3 rings (SSSR count). The molecule has 2 fully saturated rings. The van der Waals surface area contributed by atoms with E-state index in [0.29, 0.717) is 17.1 Å². The zero-order valence-electron chi connectivity index (χ0n) is 12.3. The van der Waals surface area contributed by atoms with Crippen LogP contribution in [-0.4, -0.2) is 12.2 Å². The van der Waals surface area contributed by atoms with Gasteiger partial charge >= 0.3 is 0 Å². The monoisotopic (exact) mass is 260 g/mol. The van der Waals surface area contributed by atoms with Gasteiger partial charge in [-0.25, -0.2) is 0 Å². The number of phenolic OH excluding ortho intramolecular Hbond substituents is 1. The second-order valence-corrected chi connectivity index (χ2v) is 6.99. The normalized spacial score (nSPS) is 35.6. The van der Waals surface area contributed by atoms with Crippen LogP contribution in [0.5, 0.6) is 11.5 Å². The van der Waals surface area contributed by atoms with Gasteiger partial charge in [-0.3, -0.25) is 0 Å². The number of aromatic hydroxyl groups is 1. The second kappa shape index (κ2) is 4.16. The third kappa shape index (κ3) is 1.76. The highest BCUT2D eigenvalue weighted by Gasteiger charge is 2.55. The van der Waals surface area contributed by atoms with E-state index in [0.717, 1.165) is 17.8 Å². The number of phenols is 1. The zero-order valence-corrected chi connectivity index (χ0v) is 12.3. The van der Waals surface area contributed by atoms with Crippen molar-refractivity contribution in [3.63, 3.8) is 0 Å². The molecule has 2 aliphatic rings.